The zero-order chi connectivity index (χ0) is 24.7. The molecule has 0 amide bonds. The molecular formula is C27H34N2O5. The molecule has 0 heterocycles. The van der Waals surface area contributed by atoms with Gasteiger partial charge >= 0.3 is 0 Å². The first-order valence-corrected chi connectivity index (χ1v) is 11.2. The maximum atomic E-state index is 13.1. The van der Waals surface area contributed by atoms with Crippen LogP contribution in [0.15, 0.2) is 47.5 Å². The number of ketones is 1. The minimum absolute atomic E-state index is 0.0683. The van der Waals surface area contributed by atoms with E-state index < -0.39 is 0 Å². The van der Waals surface area contributed by atoms with Gasteiger partial charge in [0.25, 0.3) is 0 Å². The second kappa shape index (κ2) is 11.7. The molecule has 3 rings (SSSR count). The summed E-state index contributed by atoms with van der Waals surface area (Å²) in [5.74, 6) is 2.69. The summed E-state index contributed by atoms with van der Waals surface area (Å²) in [6.45, 7) is 0.911. The van der Waals surface area contributed by atoms with Gasteiger partial charge in [-0.15, -0.1) is 0 Å². The molecule has 2 aromatic rings. The average Bonchev–Trinajstić information content (AvgIpc) is 3.15. The number of nitrogens with zero attached hydrogens (tertiary/aromatic N) is 2. The van der Waals surface area contributed by atoms with E-state index in [2.05, 4.69) is 0 Å². The van der Waals surface area contributed by atoms with E-state index in [0.29, 0.717) is 49.3 Å². The van der Waals surface area contributed by atoms with Crippen LogP contribution in [0.2, 0.25) is 0 Å². The smallest absolute Gasteiger partial charge is 0.185 e. The zero-order valence-corrected chi connectivity index (χ0v) is 20.9. The molecule has 0 atom stereocenters. The van der Waals surface area contributed by atoms with Gasteiger partial charge in [-0.1, -0.05) is 12.1 Å². The molecule has 0 saturated heterocycles. The fourth-order valence-electron chi connectivity index (χ4n) is 3.56. The highest BCUT2D eigenvalue weighted by atomic mass is 16.5. The number of benzene rings is 2. The van der Waals surface area contributed by atoms with Gasteiger partial charge in [0.05, 0.1) is 14.2 Å². The normalized spacial score (nSPS) is 16.1. The SMILES string of the molecule is COc1cc(/C=C2\CC/C(=C\c3ccc(OCN(C)C)c(OC)c3)C2=O)ccc1OCN(C)C. The molecule has 0 unspecified atom stereocenters. The van der Waals surface area contributed by atoms with E-state index in [1.165, 1.54) is 0 Å². The highest BCUT2D eigenvalue weighted by Crippen LogP contribution is 2.34. The molecule has 0 N–H and O–H groups in total. The van der Waals surface area contributed by atoms with Gasteiger partial charge in [0.15, 0.2) is 28.8 Å². The van der Waals surface area contributed by atoms with Crippen LogP contribution in [0.5, 0.6) is 23.0 Å². The van der Waals surface area contributed by atoms with Crippen molar-refractivity contribution in [3.8, 4) is 23.0 Å². The highest BCUT2D eigenvalue weighted by molar-refractivity contribution is 6.15. The van der Waals surface area contributed by atoms with E-state index in [4.69, 9.17) is 18.9 Å². The lowest BCUT2D eigenvalue weighted by Gasteiger charge is -2.14. The molecule has 2 aromatic carbocycles. The number of carbonyl (C=O) groups is 1. The van der Waals surface area contributed by atoms with Crippen LogP contribution < -0.4 is 18.9 Å². The fourth-order valence-corrected chi connectivity index (χ4v) is 3.56. The Bertz CT molecular complexity index is 989. The van der Waals surface area contributed by atoms with Gasteiger partial charge in [-0.25, -0.2) is 0 Å². The summed E-state index contributed by atoms with van der Waals surface area (Å²) in [4.78, 5) is 16.9. The van der Waals surface area contributed by atoms with Crippen LogP contribution in [-0.2, 0) is 4.79 Å². The summed E-state index contributed by atoms with van der Waals surface area (Å²) in [7, 11) is 11.0. The number of carbonyl (C=O) groups excluding carboxylic acids is 1. The third-order valence-corrected chi connectivity index (χ3v) is 5.26. The molecule has 34 heavy (non-hydrogen) atoms. The Morgan fingerprint density at radius 2 is 1.12 bits per heavy atom. The predicted molar refractivity (Wildman–Crippen MR) is 135 cm³/mol. The van der Waals surface area contributed by atoms with Crippen LogP contribution in [0.1, 0.15) is 24.0 Å². The van der Waals surface area contributed by atoms with Gasteiger partial charge in [0.2, 0.25) is 0 Å². The summed E-state index contributed by atoms with van der Waals surface area (Å²) >= 11 is 0. The van der Waals surface area contributed by atoms with Crippen molar-refractivity contribution in [1.29, 1.82) is 0 Å². The molecule has 7 heteroatoms. The molecule has 1 saturated carbocycles. The molecule has 7 nitrogen and oxygen atoms in total. The molecule has 1 aliphatic rings. The third-order valence-electron chi connectivity index (χ3n) is 5.26. The fraction of sp³-hybridized carbons (Fsp3) is 0.370. The Kier molecular flexibility index (Phi) is 8.73. The summed E-state index contributed by atoms with van der Waals surface area (Å²) < 4.78 is 22.5. The molecule has 0 spiro atoms. The van der Waals surface area contributed by atoms with Crippen molar-refractivity contribution >= 4 is 17.9 Å². The molecule has 0 bridgehead atoms. The van der Waals surface area contributed by atoms with Gasteiger partial charge in [-0.05, 0) is 88.6 Å². The van der Waals surface area contributed by atoms with Crippen molar-refractivity contribution in [2.75, 3.05) is 55.9 Å². The van der Waals surface area contributed by atoms with E-state index in [-0.39, 0.29) is 5.78 Å². The lowest BCUT2D eigenvalue weighted by atomic mass is 10.1. The second-order valence-electron chi connectivity index (χ2n) is 8.70. The lowest BCUT2D eigenvalue weighted by Crippen LogP contribution is -2.18. The van der Waals surface area contributed by atoms with Crippen LogP contribution in [-0.4, -0.2) is 71.5 Å². The van der Waals surface area contributed by atoms with Gasteiger partial charge < -0.3 is 18.9 Å². The molecule has 0 aromatic heterocycles. The number of hydrogen-bond donors (Lipinski definition) is 0. The quantitative estimate of drug-likeness (QED) is 0.382. The summed E-state index contributed by atoms with van der Waals surface area (Å²) in [5.41, 5.74) is 3.38. The second-order valence-corrected chi connectivity index (χ2v) is 8.70. The standard InChI is InChI=1S/C27H34N2O5/c1-28(2)17-33-23-11-7-19(15-25(23)31-5)13-21-9-10-22(27(21)30)14-20-8-12-24(26(16-20)32-6)34-18-29(3)4/h7-8,11-16H,9-10,17-18H2,1-6H3/b21-13+,22-14+. The number of rotatable bonds is 10. The van der Waals surface area contributed by atoms with Crippen molar-refractivity contribution in [2.24, 2.45) is 0 Å². The maximum Gasteiger partial charge on any atom is 0.185 e. The van der Waals surface area contributed by atoms with Crippen molar-refractivity contribution in [3.05, 3.63) is 58.7 Å². The van der Waals surface area contributed by atoms with Crippen molar-refractivity contribution in [1.82, 2.24) is 9.80 Å². The van der Waals surface area contributed by atoms with E-state index >= 15 is 0 Å². The summed E-state index contributed by atoms with van der Waals surface area (Å²) in [5, 5.41) is 0. The first-order valence-electron chi connectivity index (χ1n) is 11.2. The van der Waals surface area contributed by atoms with Crippen LogP contribution in [0.4, 0.5) is 0 Å². The number of allylic oxidation sites excluding steroid dienone is 2. The number of methoxy groups -OCH3 is 2. The van der Waals surface area contributed by atoms with Gasteiger partial charge in [0.1, 0.15) is 13.5 Å². The van der Waals surface area contributed by atoms with Crippen LogP contribution in [0.25, 0.3) is 12.2 Å². The Balaban J connectivity index is 1.76. The Morgan fingerprint density at radius 3 is 1.47 bits per heavy atom. The van der Waals surface area contributed by atoms with Gasteiger partial charge in [0, 0.05) is 11.1 Å². The Labute approximate surface area is 202 Å². The third kappa shape index (κ3) is 6.62. The molecule has 1 fully saturated rings. The average molecular weight is 467 g/mol. The van der Waals surface area contributed by atoms with E-state index in [1.807, 2.05) is 86.5 Å². The van der Waals surface area contributed by atoms with Crippen molar-refractivity contribution in [2.45, 2.75) is 12.8 Å². The molecule has 0 aliphatic heterocycles. The molecule has 182 valence electrons. The van der Waals surface area contributed by atoms with Gasteiger partial charge in [-0.3, -0.25) is 14.6 Å². The van der Waals surface area contributed by atoms with Crippen molar-refractivity contribution in [3.63, 3.8) is 0 Å². The predicted octanol–water partition coefficient (Wildman–Crippen LogP) is 4.33. The minimum Gasteiger partial charge on any atom is -0.493 e. The number of ether oxygens (including phenoxy) is 4. The largest absolute Gasteiger partial charge is 0.493 e. The lowest BCUT2D eigenvalue weighted by molar-refractivity contribution is -0.111. The van der Waals surface area contributed by atoms with Crippen LogP contribution in [0.3, 0.4) is 0 Å². The van der Waals surface area contributed by atoms with E-state index in [1.54, 1.807) is 14.2 Å². The Morgan fingerprint density at radius 1 is 0.706 bits per heavy atom. The minimum atomic E-state index is 0.0683. The van der Waals surface area contributed by atoms with E-state index in [0.717, 1.165) is 22.3 Å². The first kappa shape index (κ1) is 25.3. The molecule has 0 radical (unpaired) electrons. The van der Waals surface area contributed by atoms with Crippen molar-refractivity contribution < 1.29 is 23.7 Å². The highest BCUT2D eigenvalue weighted by Gasteiger charge is 2.23. The Hall–Kier alpha value is -3.29. The molecule has 1 aliphatic carbocycles. The number of hydrogen-bond acceptors (Lipinski definition) is 7. The summed E-state index contributed by atoms with van der Waals surface area (Å²) in [6, 6.07) is 11.4. The molecular weight excluding hydrogens is 432 g/mol. The van der Waals surface area contributed by atoms with Crippen LogP contribution in [0, 0.1) is 0 Å². The first-order chi connectivity index (χ1) is 16.3. The number of Topliss-reactive ketones (excluding diaryl/α,β-unsaturated/α-hetero) is 1. The van der Waals surface area contributed by atoms with E-state index in [9.17, 15) is 4.79 Å². The van der Waals surface area contributed by atoms with Gasteiger partial charge in [-0.2, -0.15) is 0 Å². The van der Waals surface area contributed by atoms with Crippen LogP contribution >= 0.6 is 0 Å². The zero-order valence-electron chi connectivity index (χ0n) is 20.9. The monoisotopic (exact) mass is 466 g/mol. The maximum absolute atomic E-state index is 13.1. The topological polar surface area (TPSA) is 60.5 Å². The summed E-state index contributed by atoms with van der Waals surface area (Å²) in [6.07, 6.45) is 5.26.